The number of benzene rings is 3. The maximum absolute atomic E-state index is 13.0. The Bertz CT molecular complexity index is 1330. The molecular weight excluding hydrogens is 575 g/mol. The van der Waals surface area contributed by atoms with E-state index in [0.717, 1.165) is 18.4 Å². The van der Waals surface area contributed by atoms with Crippen molar-refractivity contribution >= 4 is 41.9 Å². The zero-order valence-electron chi connectivity index (χ0n) is 23.9. The zero-order valence-corrected chi connectivity index (χ0v) is 25.5. The summed E-state index contributed by atoms with van der Waals surface area (Å²) in [6.07, 6.45) is 1.04. The van der Waals surface area contributed by atoms with Crippen LogP contribution >= 0.6 is 24.0 Å². The van der Waals surface area contributed by atoms with E-state index < -0.39 is 18.0 Å². The largest absolute Gasteiger partial charge is 0.457 e. The number of carbonyl (C=O) groups excluding carboxylic acids is 1. The normalized spacial score (nSPS) is 12.0. The van der Waals surface area contributed by atoms with Crippen molar-refractivity contribution in [3.05, 3.63) is 95.0 Å². The monoisotopic (exact) mass is 612 g/mol. The molecule has 0 aliphatic carbocycles. The fourth-order valence-electron chi connectivity index (χ4n) is 3.72. The van der Waals surface area contributed by atoms with Gasteiger partial charge in [-0.3, -0.25) is 20.5 Å². The molecule has 224 valence electrons. The van der Waals surface area contributed by atoms with E-state index in [1.54, 1.807) is 36.4 Å². The molecule has 0 aliphatic rings. The maximum atomic E-state index is 13.0. The molecule has 42 heavy (non-hydrogen) atoms. The Hall–Kier alpha value is -4.26. The van der Waals surface area contributed by atoms with Crippen LogP contribution in [-0.2, 0) is 9.53 Å². The number of halogens is 2. The van der Waals surface area contributed by atoms with Crippen molar-refractivity contribution in [1.29, 1.82) is 10.7 Å². The van der Waals surface area contributed by atoms with E-state index >= 15 is 0 Å². The van der Waals surface area contributed by atoms with E-state index in [0.29, 0.717) is 28.6 Å². The summed E-state index contributed by atoms with van der Waals surface area (Å²) in [6, 6.07) is 25.5. The molecule has 0 heterocycles. The fourth-order valence-corrected chi connectivity index (χ4v) is 3.85. The third kappa shape index (κ3) is 12.5. The van der Waals surface area contributed by atoms with Gasteiger partial charge in [0.25, 0.3) is 0 Å². The lowest BCUT2D eigenvalue weighted by Crippen LogP contribution is -2.40. The van der Waals surface area contributed by atoms with Gasteiger partial charge in [-0.05, 0) is 54.3 Å². The van der Waals surface area contributed by atoms with Gasteiger partial charge in [0.2, 0.25) is 6.10 Å². The van der Waals surface area contributed by atoms with Crippen molar-refractivity contribution in [3.63, 3.8) is 0 Å². The van der Waals surface area contributed by atoms with Gasteiger partial charge in [0.1, 0.15) is 17.6 Å². The molecule has 0 radical (unpaired) electrons. The van der Waals surface area contributed by atoms with Gasteiger partial charge in [0.15, 0.2) is 11.9 Å². The molecule has 0 fully saturated rings. The molecule has 0 bridgehead atoms. The van der Waals surface area contributed by atoms with Crippen molar-refractivity contribution in [3.8, 4) is 17.6 Å². The molecule has 0 saturated heterocycles. The average Bonchev–Trinajstić information content (AvgIpc) is 2.93. The first-order chi connectivity index (χ1) is 19.6. The van der Waals surface area contributed by atoms with Gasteiger partial charge < -0.3 is 20.9 Å². The number of ether oxygens (including phenoxy) is 2. The zero-order chi connectivity index (χ0) is 30.2. The van der Waals surface area contributed by atoms with Crippen LogP contribution in [0.2, 0.25) is 5.02 Å². The average molecular weight is 614 g/mol. The summed E-state index contributed by atoms with van der Waals surface area (Å²) >= 11 is 5.96. The van der Waals surface area contributed by atoms with Crippen LogP contribution in [0, 0.1) is 22.7 Å². The quantitative estimate of drug-likeness (QED) is 0.0858. The van der Waals surface area contributed by atoms with Crippen LogP contribution in [0.4, 0.5) is 0 Å². The molecule has 0 aliphatic heterocycles. The minimum Gasteiger partial charge on any atom is -0.457 e. The van der Waals surface area contributed by atoms with Crippen molar-refractivity contribution in [2.24, 2.45) is 22.4 Å². The molecule has 3 aromatic carbocycles. The Kier molecular flexibility index (Phi) is 16.2. The van der Waals surface area contributed by atoms with Crippen LogP contribution in [0.3, 0.4) is 0 Å². The Balaban J connectivity index is 0.000000628. The van der Waals surface area contributed by atoms with Crippen molar-refractivity contribution in [1.82, 2.24) is 5.32 Å². The lowest BCUT2D eigenvalue weighted by molar-refractivity contribution is -0.150. The molecule has 0 amide bonds. The van der Waals surface area contributed by atoms with Gasteiger partial charge in [-0.2, -0.15) is 5.26 Å². The van der Waals surface area contributed by atoms with Crippen LogP contribution in [0.1, 0.15) is 56.8 Å². The molecule has 2 unspecified atom stereocenters. The van der Waals surface area contributed by atoms with E-state index in [9.17, 15) is 10.1 Å². The highest BCUT2D eigenvalue weighted by atomic mass is 35.5. The molecule has 2 atom stereocenters. The van der Waals surface area contributed by atoms with E-state index in [4.69, 9.17) is 38.0 Å². The standard InChI is InChI=1S/C25H22ClNO3.C6H15N5.ClH/c1-17(2)24(18-11-13-20(26)14-12-18)25(28)30-23(16-27)19-7-6-10-22(15-19)29-21-8-4-3-5-9-21;1-2-3-4-10-6(9)11-5(7)8;/h3-15,17,23-24H,1-2H3;2-4H2,1H3,(H6,7,8,9,10,11);1H. The van der Waals surface area contributed by atoms with E-state index in [2.05, 4.69) is 23.3 Å². The van der Waals surface area contributed by atoms with Crippen LogP contribution in [-0.4, -0.2) is 24.4 Å². The molecule has 0 spiro atoms. The third-order valence-corrected chi connectivity index (χ3v) is 5.95. The molecule has 3 aromatic rings. The minimum atomic E-state index is -1.04. The van der Waals surface area contributed by atoms with Crippen molar-refractivity contribution in [2.45, 2.75) is 45.6 Å². The first-order valence-electron chi connectivity index (χ1n) is 13.2. The Morgan fingerprint density at radius 1 is 1.02 bits per heavy atom. The van der Waals surface area contributed by atoms with Crippen LogP contribution in [0.15, 0.2) is 83.9 Å². The summed E-state index contributed by atoms with van der Waals surface area (Å²) in [5, 5.41) is 19.4. The second-order valence-electron chi connectivity index (χ2n) is 9.37. The summed E-state index contributed by atoms with van der Waals surface area (Å²) in [6.45, 7) is 6.64. The first-order valence-corrected chi connectivity index (χ1v) is 13.6. The minimum absolute atomic E-state index is 0. The molecule has 0 saturated carbocycles. The Morgan fingerprint density at radius 2 is 1.67 bits per heavy atom. The van der Waals surface area contributed by atoms with Crippen molar-refractivity contribution in [2.75, 3.05) is 6.54 Å². The van der Waals surface area contributed by atoms with Gasteiger partial charge in [0.05, 0.1) is 5.92 Å². The molecule has 11 heteroatoms. The number of nitrogens with two attached hydrogens (primary N) is 2. The number of aliphatic imine (C=N–C) groups is 1. The summed E-state index contributed by atoms with van der Waals surface area (Å²) in [5.74, 6) is 0.324. The number of nitriles is 1. The van der Waals surface area contributed by atoms with Crippen molar-refractivity contribution < 1.29 is 14.3 Å². The topological polar surface area (TPSA) is 160 Å². The number of guanidine groups is 2. The number of para-hydroxylation sites is 1. The van der Waals surface area contributed by atoms with Crippen LogP contribution < -0.4 is 21.5 Å². The number of rotatable bonds is 10. The number of esters is 1. The number of nitrogens with zero attached hydrogens (tertiary/aromatic N) is 2. The number of unbranched alkanes of at least 4 members (excludes halogenated alkanes) is 1. The van der Waals surface area contributed by atoms with E-state index in [1.165, 1.54) is 0 Å². The number of nitrogens with one attached hydrogen (secondary N) is 2. The van der Waals surface area contributed by atoms with Gasteiger partial charge in [-0.25, -0.2) is 0 Å². The first kappa shape index (κ1) is 35.8. The molecular formula is C31H38Cl2N6O3. The smallest absolute Gasteiger partial charge is 0.315 e. The predicted octanol–water partition coefficient (Wildman–Crippen LogP) is 6.69. The second kappa shape index (κ2) is 19.0. The lowest BCUT2D eigenvalue weighted by Gasteiger charge is -2.22. The van der Waals surface area contributed by atoms with Crippen LogP contribution in [0.5, 0.6) is 11.5 Å². The van der Waals surface area contributed by atoms with E-state index in [-0.39, 0.29) is 30.2 Å². The second-order valence-corrected chi connectivity index (χ2v) is 9.80. The molecule has 3 rings (SSSR count). The maximum Gasteiger partial charge on any atom is 0.315 e. The Morgan fingerprint density at radius 3 is 2.24 bits per heavy atom. The summed E-state index contributed by atoms with van der Waals surface area (Å²) < 4.78 is 11.4. The lowest BCUT2D eigenvalue weighted by atomic mass is 9.88. The fraction of sp³-hybridized carbons (Fsp3) is 0.290. The summed E-state index contributed by atoms with van der Waals surface area (Å²) in [5.41, 5.74) is 11.7. The predicted molar refractivity (Wildman–Crippen MR) is 170 cm³/mol. The van der Waals surface area contributed by atoms with Gasteiger partial charge in [-0.15, -0.1) is 12.4 Å². The highest BCUT2D eigenvalue weighted by Gasteiger charge is 2.29. The highest BCUT2D eigenvalue weighted by molar-refractivity contribution is 6.30. The van der Waals surface area contributed by atoms with Gasteiger partial charge >= 0.3 is 5.97 Å². The highest BCUT2D eigenvalue weighted by Crippen LogP contribution is 2.31. The summed E-state index contributed by atoms with van der Waals surface area (Å²) in [7, 11) is 0. The molecule has 9 nitrogen and oxygen atoms in total. The number of hydrogen-bond acceptors (Lipinski definition) is 6. The van der Waals surface area contributed by atoms with E-state index in [1.807, 2.05) is 56.3 Å². The Labute approximate surface area is 258 Å². The third-order valence-electron chi connectivity index (χ3n) is 5.70. The van der Waals surface area contributed by atoms with Gasteiger partial charge in [-0.1, -0.05) is 81.3 Å². The SMILES string of the molecule is CC(C)C(C(=O)OC(C#N)c1cccc(Oc2ccccc2)c1)c1ccc(Cl)cc1.CCCCN=C(N)NC(=N)N.Cl. The summed E-state index contributed by atoms with van der Waals surface area (Å²) in [4.78, 5) is 16.9. The van der Waals surface area contributed by atoms with Crippen LogP contribution in [0.25, 0.3) is 0 Å². The van der Waals surface area contributed by atoms with Gasteiger partial charge in [0, 0.05) is 17.1 Å². The molecule has 6 N–H and O–H groups in total. The number of hydrogen-bond donors (Lipinski definition) is 4. The number of carbonyl (C=O) groups is 1. The molecule has 0 aromatic heterocycles.